The normalized spacial score (nSPS) is 14.6. The Hall–Kier alpha value is -2.79. The van der Waals surface area contributed by atoms with Crippen molar-refractivity contribution in [2.45, 2.75) is 59.6 Å². The average molecular weight is 466 g/mol. The molecule has 0 saturated carbocycles. The Morgan fingerprint density at radius 2 is 1.73 bits per heavy atom. The number of amides is 1. The highest BCUT2D eigenvalue weighted by atomic mass is 35.5. The predicted molar refractivity (Wildman–Crippen MR) is 135 cm³/mol. The number of rotatable bonds is 3. The van der Waals surface area contributed by atoms with E-state index in [0.29, 0.717) is 13.1 Å². The first-order chi connectivity index (χ1) is 15.6. The summed E-state index contributed by atoms with van der Waals surface area (Å²) in [6, 6.07) is 12.4. The fraction of sp³-hybridized carbons (Fsp3) is 0.407. The van der Waals surface area contributed by atoms with Crippen LogP contribution in [0, 0.1) is 13.8 Å². The smallest absolute Gasteiger partial charge is 0.410 e. The van der Waals surface area contributed by atoms with E-state index in [2.05, 4.69) is 48.8 Å². The number of ether oxygens (including phenoxy) is 1. The van der Waals surface area contributed by atoms with Crippen LogP contribution in [-0.2, 0) is 11.3 Å². The zero-order valence-electron chi connectivity index (χ0n) is 20.1. The molecule has 0 unspecified atom stereocenters. The van der Waals surface area contributed by atoms with Gasteiger partial charge in [0.2, 0.25) is 0 Å². The van der Waals surface area contributed by atoms with Crippen LogP contribution in [0.2, 0.25) is 5.02 Å². The number of benzene rings is 2. The van der Waals surface area contributed by atoms with Crippen LogP contribution in [0.4, 0.5) is 4.79 Å². The van der Waals surface area contributed by atoms with Crippen molar-refractivity contribution in [3.8, 4) is 0 Å². The van der Waals surface area contributed by atoms with E-state index in [1.54, 1.807) is 4.90 Å². The summed E-state index contributed by atoms with van der Waals surface area (Å²) in [5.41, 5.74) is 6.63. The van der Waals surface area contributed by atoms with E-state index in [4.69, 9.17) is 21.3 Å². The number of hydrogen-bond acceptors (Lipinski definition) is 3. The summed E-state index contributed by atoms with van der Waals surface area (Å²) >= 11 is 6.09. The molecule has 6 heteroatoms. The van der Waals surface area contributed by atoms with E-state index in [-0.39, 0.29) is 6.09 Å². The lowest BCUT2D eigenvalue weighted by Crippen LogP contribution is -2.40. The molecule has 0 aliphatic carbocycles. The molecule has 0 N–H and O–H groups in total. The van der Waals surface area contributed by atoms with Crippen molar-refractivity contribution < 1.29 is 9.53 Å². The predicted octanol–water partition coefficient (Wildman–Crippen LogP) is 6.77. The third kappa shape index (κ3) is 5.59. The second kappa shape index (κ2) is 9.22. The molecule has 1 fully saturated rings. The molecule has 0 radical (unpaired) electrons. The molecule has 4 rings (SSSR count). The van der Waals surface area contributed by atoms with Crippen LogP contribution < -0.4 is 0 Å². The largest absolute Gasteiger partial charge is 0.444 e. The highest BCUT2D eigenvalue weighted by Crippen LogP contribution is 2.26. The summed E-state index contributed by atoms with van der Waals surface area (Å²) in [7, 11) is 0. The summed E-state index contributed by atoms with van der Waals surface area (Å²) in [6.07, 6.45) is 3.61. The van der Waals surface area contributed by atoms with E-state index in [0.717, 1.165) is 41.3 Å². The minimum atomic E-state index is -0.476. The highest BCUT2D eigenvalue weighted by molar-refractivity contribution is 6.30. The third-order valence-electron chi connectivity index (χ3n) is 6.04. The van der Waals surface area contributed by atoms with Crippen molar-refractivity contribution in [1.82, 2.24) is 14.5 Å². The number of piperidine rings is 1. The molecule has 1 amide bonds. The maximum atomic E-state index is 12.4. The van der Waals surface area contributed by atoms with Gasteiger partial charge in [0.1, 0.15) is 11.4 Å². The molecular weight excluding hydrogens is 434 g/mol. The van der Waals surface area contributed by atoms with Crippen molar-refractivity contribution in [2.75, 3.05) is 13.1 Å². The Morgan fingerprint density at radius 3 is 2.36 bits per heavy atom. The fourth-order valence-electron chi connectivity index (χ4n) is 4.08. The fourth-order valence-corrected chi connectivity index (χ4v) is 4.20. The number of carbonyl (C=O) groups is 1. The topological polar surface area (TPSA) is 47.4 Å². The molecule has 1 aromatic heterocycles. The van der Waals surface area contributed by atoms with Gasteiger partial charge in [0.15, 0.2) is 0 Å². The molecule has 0 bridgehead atoms. The standard InChI is InChI=1S/C27H32ClN3O2/c1-18-14-23-24(15-19(18)2)31(17-21-6-8-22(28)9-7-21)25(29-23)16-20-10-12-30(13-11-20)26(32)33-27(3,4)5/h6-9,14-16H,10-13,17H2,1-5H3. The second-order valence-electron chi connectivity index (χ2n) is 9.88. The van der Waals surface area contributed by atoms with E-state index in [1.165, 1.54) is 22.3 Å². The molecule has 3 aromatic rings. The molecule has 174 valence electrons. The molecule has 0 spiro atoms. The highest BCUT2D eigenvalue weighted by Gasteiger charge is 2.25. The van der Waals surface area contributed by atoms with E-state index in [1.807, 2.05) is 32.9 Å². The van der Waals surface area contributed by atoms with Gasteiger partial charge in [-0.1, -0.05) is 29.3 Å². The number of aromatic nitrogens is 2. The zero-order valence-corrected chi connectivity index (χ0v) is 20.9. The van der Waals surface area contributed by atoms with Crippen LogP contribution in [0.1, 0.15) is 56.1 Å². The maximum Gasteiger partial charge on any atom is 0.410 e. The summed E-state index contributed by atoms with van der Waals surface area (Å²) < 4.78 is 7.80. The van der Waals surface area contributed by atoms with Crippen LogP contribution in [-0.4, -0.2) is 39.2 Å². The Labute approximate surface area is 201 Å². The summed E-state index contributed by atoms with van der Waals surface area (Å²) in [4.78, 5) is 19.2. The SMILES string of the molecule is Cc1cc2nc(C=C3CCN(C(=O)OC(C)(C)C)CC3)n(Cc3ccc(Cl)cc3)c2cc1C. The maximum absolute atomic E-state index is 12.4. The number of hydrogen-bond donors (Lipinski definition) is 0. The van der Waals surface area contributed by atoms with Gasteiger partial charge >= 0.3 is 6.09 Å². The van der Waals surface area contributed by atoms with Gasteiger partial charge in [-0.15, -0.1) is 0 Å². The van der Waals surface area contributed by atoms with Crippen LogP contribution in [0.3, 0.4) is 0 Å². The van der Waals surface area contributed by atoms with Crippen LogP contribution in [0.15, 0.2) is 42.0 Å². The first-order valence-corrected chi connectivity index (χ1v) is 11.9. The number of nitrogens with zero attached hydrogens (tertiary/aromatic N) is 3. The number of fused-ring (bicyclic) bond motifs is 1. The molecule has 2 heterocycles. The lowest BCUT2D eigenvalue weighted by atomic mass is 10.0. The van der Waals surface area contributed by atoms with E-state index in [9.17, 15) is 4.79 Å². The minimum Gasteiger partial charge on any atom is -0.444 e. The average Bonchev–Trinajstić information content (AvgIpc) is 3.05. The number of aryl methyl sites for hydroxylation is 2. The van der Waals surface area contributed by atoms with Crippen molar-refractivity contribution in [1.29, 1.82) is 0 Å². The molecule has 1 saturated heterocycles. The Bertz CT molecular complexity index is 1190. The molecule has 33 heavy (non-hydrogen) atoms. The number of likely N-dealkylation sites (tertiary alicyclic amines) is 1. The molecule has 1 aliphatic rings. The monoisotopic (exact) mass is 465 g/mol. The lowest BCUT2D eigenvalue weighted by Gasteiger charge is -2.31. The Balaban J connectivity index is 1.61. The van der Waals surface area contributed by atoms with Crippen molar-refractivity contribution in [3.63, 3.8) is 0 Å². The van der Waals surface area contributed by atoms with Gasteiger partial charge in [-0.3, -0.25) is 0 Å². The van der Waals surface area contributed by atoms with Crippen LogP contribution in [0.5, 0.6) is 0 Å². The van der Waals surface area contributed by atoms with Crippen LogP contribution in [0.25, 0.3) is 17.1 Å². The van der Waals surface area contributed by atoms with E-state index >= 15 is 0 Å². The summed E-state index contributed by atoms with van der Waals surface area (Å²) in [6.45, 7) is 12.0. The quantitative estimate of drug-likeness (QED) is 0.428. The number of halogens is 1. The van der Waals surface area contributed by atoms with Gasteiger partial charge in [-0.2, -0.15) is 0 Å². The van der Waals surface area contributed by atoms with Gasteiger partial charge in [-0.25, -0.2) is 9.78 Å². The van der Waals surface area contributed by atoms with Crippen molar-refractivity contribution in [2.24, 2.45) is 0 Å². The molecule has 1 aliphatic heterocycles. The van der Waals surface area contributed by atoms with Crippen molar-refractivity contribution in [3.05, 3.63) is 69.5 Å². The first kappa shape index (κ1) is 23.4. The lowest BCUT2D eigenvalue weighted by molar-refractivity contribution is 0.0237. The van der Waals surface area contributed by atoms with E-state index < -0.39 is 5.60 Å². The molecule has 2 aromatic carbocycles. The Kier molecular flexibility index (Phi) is 6.53. The molecule has 5 nitrogen and oxygen atoms in total. The van der Waals surface area contributed by atoms with Gasteiger partial charge in [0, 0.05) is 24.7 Å². The number of imidazole rings is 1. The van der Waals surface area contributed by atoms with Gasteiger partial charge < -0.3 is 14.2 Å². The number of carbonyl (C=O) groups excluding carboxylic acids is 1. The zero-order chi connectivity index (χ0) is 23.8. The Morgan fingerprint density at radius 1 is 1.09 bits per heavy atom. The molecular formula is C27H32ClN3O2. The summed E-state index contributed by atoms with van der Waals surface area (Å²) in [5, 5.41) is 0.736. The van der Waals surface area contributed by atoms with Gasteiger partial charge in [0.05, 0.1) is 11.0 Å². The van der Waals surface area contributed by atoms with Gasteiger partial charge in [0.25, 0.3) is 0 Å². The first-order valence-electron chi connectivity index (χ1n) is 11.5. The van der Waals surface area contributed by atoms with Crippen molar-refractivity contribution >= 4 is 34.8 Å². The summed E-state index contributed by atoms with van der Waals surface area (Å²) in [5.74, 6) is 0.950. The minimum absolute atomic E-state index is 0.234. The third-order valence-corrected chi connectivity index (χ3v) is 6.29. The molecule has 0 atom stereocenters. The second-order valence-corrected chi connectivity index (χ2v) is 10.3. The van der Waals surface area contributed by atoms with Gasteiger partial charge in [-0.05, 0) is 94.5 Å². The van der Waals surface area contributed by atoms with Crippen LogP contribution >= 0.6 is 11.6 Å².